The van der Waals surface area contributed by atoms with E-state index < -0.39 is 10.0 Å². The van der Waals surface area contributed by atoms with Gasteiger partial charge in [0.15, 0.2) is 0 Å². The van der Waals surface area contributed by atoms with Gasteiger partial charge in [-0.3, -0.25) is 4.79 Å². The number of aryl methyl sites for hydroxylation is 1. The lowest BCUT2D eigenvalue weighted by molar-refractivity contribution is -0.116. The van der Waals surface area contributed by atoms with Gasteiger partial charge in [0.25, 0.3) is 0 Å². The van der Waals surface area contributed by atoms with E-state index in [4.69, 9.17) is 0 Å². The van der Waals surface area contributed by atoms with Crippen molar-refractivity contribution in [1.29, 1.82) is 0 Å². The van der Waals surface area contributed by atoms with E-state index in [0.29, 0.717) is 29.8 Å². The summed E-state index contributed by atoms with van der Waals surface area (Å²) in [5.41, 5.74) is 4.00. The van der Waals surface area contributed by atoms with Gasteiger partial charge in [-0.2, -0.15) is 4.31 Å². The second kappa shape index (κ2) is 8.22. The summed E-state index contributed by atoms with van der Waals surface area (Å²) in [5, 5.41) is 0. The average molecular weight is 506 g/mol. The van der Waals surface area contributed by atoms with E-state index in [1.807, 2.05) is 19.1 Å². The summed E-state index contributed by atoms with van der Waals surface area (Å²) < 4.78 is 29.3. The number of hydrogen-bond acceptors (Lipinski definition) is 4. The normalized spacial score (nSPS) is 22.0. The number of carbonyl (C=O) groups is 1. The molecule has 1 saturated heterocycles. The van der Waals surface area contributed by atoms with Crippen LogP contribution in [0.15, 0.2) is 45.8 Å². The molecule has 0 N–H and O–H groups in total. The SMILES string of the molecule is CC(=O)N1c2cc(S(=O)(=O)N3CCN(c4cccc(C)c4)[C@H](C)C3)c(Br)cc2C[C@H]1C. The Morgan fingerprint density at radius 1 is 1.10 bits per heavy atom. The predicted molar refractivity (Wildman–Crippen MR) is 127 cm³/mol. The highest BCUT2D eigenvalue weighted by molar-refractivity contribution is 9.10. The third kappa shape index (κ3) is 4.01. The Hall–Kier alpha value is -1.90. The highest BCUT2D eigenvalue weighted by Crippen LogP contribution is 2.39. The minimum absolute atomic E-state index is 0.0234. The molecule has 1 amide bonds. The summed E-state index contributed by atoms with van der Waals surface area (Å²) in [7, 11) is -3.71. The maximum atomic E-state index is 13.6. The van der Waals surface area contributed by atoms with Crippen LogP contribution in [0.4, 0.5) is 11.4 Å². The lowest BCUT2D eigenvalue weighted by Crippen LogP contribution is -2.53. The summed E-state index contributed by atoms with van der Waals surface area (Å²) in [6, 6.07) is 11.9. The first-order valence-electron chi connectivity index (χ1n) is 10.5. The van der Waals surface area contributed by atoms with Crippen LogP contribution in [0, 0.1) is 6.92 Å². The standard InChI is InChI=1S/C23H28BrN3O3S/c1-15-6-5-7-20(10-15)26-9-8-25(14-17(26)3)31(29,30)23-13-22-19(12-21(23)24)11-16(2)27(22)18(4)28/h5-7,10,12-13,16-17H,8-9,11,14H2,1-4H3/t16-,17-/m1/s1. The van der Waals surface area contributed by atoms with Crippen molar-refractivity contribution >= 4 is 43.2 Å². The monoisotopic (exact) mass is 505 g/mol. The number of rotatable bonds is 3. The minimum atomic E-state index is -3.71. The minimum Gasteiger partial charge on any atom is -0.366 e. The van der Waals surface area contributed by atoms with Crippen LogP contribution in [-0.2, 0) is 21.2 Å². The van der Waals surface area contributed by atoms with Gasteiger partial charge in [0.1, 0.15) is 0 Å². The van der Waals surface area contributed by atoms with Gasteiger partial charge in [0.05, 0.1) is 4.90 Å². The van der Waals surface area contributed by atoms with Crippen molar-refractivity contribution < 1.29 is 13.2 Å². The fourth-order valence-corrected chi connectivity index (χ4v) is 7.35. The summed E-state index contributed by atoms with van der Waals surface area (Å²) >= 11 is 3.48. The Labute approximate surface area is 193 Å². The first kappa shape index (κ1) is 22.3. The number of hydrogen-bond donors (Lipinski definition) is 0. The van der Waals surface area contributed by atoms with E-state index in [1.165, 1.54) is 12.5 Å². The topological polar surface area (TPSA) is 60.9 Å². The van der Waals surface area contributed by atoms with E-state index in [1.54, 1.807) is 15.3 Å². The molecule has 2 atom stereocenters. The first-order chi connectivity index (χ1) is 14.6. The van der Waals surface area contributed by atoms with Gasteiger partial charge in [-0.05, 0) is 78.5 Å². The Balaban J connectivity index is 1.62. The lowest BCUT2D eigenvalue weighted by Gasteiger charge is -2.40. The summed E-state index contributed by atoms with van der Waals surface area (Å²) in [6.45, 7) is 9.07. The van der Waals surface area contributed by atoms with E-state index in [0.717, 1.165) is 17.7 Å². The highest BCUT2D eigenvalue weighted by atomic mass is 79.9. The summed E-state index contributed by atoms with van der Waals surface area (Å²) in [5.74, 6) is -0.0719. The van der Waals surface area contributed by atoms with E-state index in [9.17, 15) is 13.2 Å². The first-order valence-corrected chi connectivity index (χ1v) is 12.8. The van der Waals surface area contributed by atoms with Gasteiger partial charge in [0, 0.05) is 54.5 Å². The van der Waals surface area contributed by atoms with Crippen molar-refractivity contribution in [2.24, 2.45) is 0 Å². The molecule has 0 bridgehead atoms. The molecular weight excluding hydrogens is 478 g/mol. The van der Waals surface area contributed by atoms with E-state index in [-0.39, 0.29) is 22.9 Å². The van der Waals surface area contributed by atoms with Crippen LogP contribution < -0.4 is 9.80 Å². The number of carbonyl (C=O) groups excluding carboxylic acids is 1. The molecule has 2 aromatic carbocycles. The Kier molecular flexibility index (Phi) is 5.91. The Morgan fingerprint density at radius 2 is 1.84 bits per heavy atom. The molecular formula is C23H28BrN3O3S. The zero-order chi connectivity index (χ0) is 22.5. The lowest BCUT2D eigenvalue weighted by atomic mass is 10.1. The third-order valence-corrected chi connectivity index (χ3v) is 9.05. The van der Waals surface area contributed by atoms with Crippen molar-refractivity contribution in [3.8, 4) is 0 Å². The van der Waals surface area contributed by atoms with Gasteiger partial charge >= 0.3 is 0 Å². The number of fused-ring (bicyclic) bond motifs is 1. The number of halogens is 1. The molecule has 0 radical (unpaired) electrons. The van der Waals surface area contributed by atoms with Crippen molar-refractivity contribution in [3.05, 3.63) is 52.0 Å². The van der Waals surface area contributed by atoms with Crippen LogP contribution in [0.2, 0.25) is 0 Å². The molecule has 0 aliphatic carbocycles. The fourth-order valence-electron chi connectivity index (χ4n) is 4.77. The number of nitrogens with zero attached hydrogens (tertiary/aromatic N) is 3. The molecule has 166 valence electrons. The molecule has 1 fully saturated rings. The van der Waals surface area contributed by atoms with Crippen molar-refractivity contribution in [3.63, 3.8) is 0 Å². The van der Waals surface area contributed by atoms with Crippen molar-refractivity contribution in [2.75, 3.05) is 29.4 Å². The highest BCUT2D eigenvalue weighted by Gasteiger charge is 2.36. The second-order valence-electron chi connectivity index (χ2n) is 8.60. The van der Waals surface area contributed by atoms with Gasteiger partial charge in [0.2, 0.25) is 15.9 Å². The zero-order valence-corrected chi connectivity index (χ0v) is 20.7. The van der Waals surface area contributed by atoms with Gasteiger partial charge < -0.3 is 9.80 Å². The van der Waals surface area contributed by atoms with Gasteiger partial charge in [-0.15, -0.1) is 0 Å². The van der Waals surface area contributed by atoms with Crippen LogP contribution in [-0.4, -0.2) is 50.3 Å². The molecule has 2 aromatic rings. The molecule has 0 unspecified atom stereocenters. The van der Waals surface area contributed by atoms with Crippen molar-refractivity contribution in [1.82, 2.24) is 4.31 Å². The van der Waals surface area contributed by atoms with E-state index >= 15 is 0 Å². The third-order valence-electron chi connectivity index (χ3n) is 6.23. The fraction of sp³-hybridized carbons (Fsp3) is 0.435. The Morgan fingerprint density at radius 3 is 2.48 bits per heavy atom. The quantitative estimate of drug-likeness (QED) is 0.633. The maximum absolute atomic E-state index is 13.6. The molecule has 4 rings (SSSR count). The summed E-state index contributed by atoms with van der Waals surface area (Å²) in [4.78, 5) is 16.3. The Bertz CT molecular complexity index is 1130. The number of sulfonamides is 1. The van der Waals surface area contributed by atoms with Crippen LogP contribution in [0.1, 0.15) is 31.9 Å². The van der Waals surface area contributed by atoms with Gasteiger partial charge in [-0.1, -0.05) is 12.1 Å². The molecule has 0 spiro atoms. The molecule has 2 aliphatic heterocycles. The van der Waals surface area contributed by atoms with Crippen LogP contribution in [0.5, 0.6) is 0 Å². The molecule has 8 heteroatoms. The number of benzene rings is 2. The van der Waals surface area contributed by atoms with Gasteiger partial charge in [-0.25, -0.2) is 8.42 Å². The second-order valence-corrected chi connectivity index (χ2v) is 11.4. The largest absolute Gasteiger partial charge is 0.366 e. The molecule has 0 saturated carbocycles. The number of amides is 1. The number of anilines is 2. The zero-order valence-electron chi connectivity index (χ0n) is 18.3. The van der Waals surface area contributed by atoms with Crippen LogP contribution >= 0.6 is 15.9 Å². The molecule has 2 heterocycles. The molecule has 31 heavy (non-hydrogen) atoms. The maximum Gasteiger partial charge on any atom is 0.244 e. The number of piperazine rings is 1. The molecule has 6 nitrogen and oxygen atoms in total. The average Bonchev–Trinajstić information content (AvgIpc) is 3.01. The molecule has 2 aliphatic rings. The van der Waals surface area contributed by atoms with Crippen LogP contribution in [0.3, 0.4) is 0 Å². The van der Waals surface area contributed by atoms with Crippen LogP contribution in [0.25, 0.3) is 0 Å². The van der Waals surface area contributed by atoms with Crippen molar-refractivity contribution in [2.45, 2.75) is 51.1 Å². The summed E-state index contributed by atoms with van der Waals surface area (Å²) in [6.07, 6.45) is 0.722. The molecule has 0 aromatic heterocycles. The predicted octanol–water partition coefficient (Wildman–Crippen LogP) is 3.95. The smallest absolute Gasteiger partial charge is 0.244 e. The van der Waals surface area contributed by atoms with E-state index in [2.05, 4.69) is 52.9 Å².